The van der Waals surface area contributed by atoms with Crippen LogP contribution in [0.25, 0.3) is 16.6 Å². The molecule has 0 unspecified atom stereocenters. The number of aromatic nitrogens is 5. The normalized spacial score (nSPS) is 11.5. The highest BCUT2D eigenvalue weighted by molar-refractivity contribution is 8.00. The van der Waals surface area contributed by atoms with Gasteiger partial charge in [0.05, 0.1) is 12.6 Å². The van der Waals surface area contributed by atoms with E-state index in [1.165, 1.54) is 23.3 Å². The fourth-order valence-corrected chi connectivity index (χ4v) is 4.25. The van der Waals surface area contributed by atoms with Gasteiger partial charge >= 0.3 is 0 Å². The molecule has 0 radical (unpaired) electrons. The quantitative estimate of drug-likeness (QED) is 0.554. The molecule has 1 aromatic carbocycles. The third kappa shape index (κ3) is 2.51. The smallest absolute Gasteiger partial charge is 0.203 e. The van der Waals surface area contributed by atoms with Crippen molar-refractivity contribution in [1.82, 2.24) is 24.0 Å². The monoisotopic (exact) mass is 357 g/mol. The largest absolute Gasteiger partial charge is 0.497 e. The van der Waals surface area contributed by atoms with Gasteiger partial charge in [-0.25, -0.2) is 4.98 Å². The SMILES string of the molecule is CCc1nsc(Sc2nnc3cc(C)c4ccc(OC)cc4n23)n1. The Labute approximate surface area is 147 Å². The zero-order valence-corrected chi connectivity index (χ0v) is 15.1. The molecule has 0 bridgehead atoms. The number of aryl methyl sites for hydroxylation is 2. The summed E-state index contributed by atoms with van der Waals surface area (Å²) in [6.07, 6.45) is 0.830. The van der Waals surface area contributed by atoms with Crippen molar-refractivity contribution in [3.05, 3.63) is 35.7 Å². The van der Waals surface area contributed by atoms with E-state index < -0.39 is 0 Å². The van der Waals surface area contributed by atoms with E-state index >= 15 is 0 Å². The molecule has 0 saturated heterocycles. The molecule has 3 heterocycles. The molecule has 0 aliphatic heterocycles. The van der Waals surface area contributed by atoms with E-state index in [1.807, 2.05) is 29.5 Å². The number of ether oxygens (including phenoxy) is 1. The second kappa shape index (κ2) is 6.03. The standard InChI is InChI=1S/C16H15N5OS2/c1-4-13-17-16(24-20-13)23-15-19-18-14-7-9(2)11-6-5-10(22-3)8-12(11)21(14)15/h5-8H,4H2,1-3H3. The minimum absolute atomic E-state index is 0.780. The molecular weight excluding hydrogens is 342 g/mol. The van der Waals surface area contributed by atoms with Crippen molar-refractivity contribution in [2.24, 2.45) is 0 Å². The van der Waals surface area contributed by atoms with Gasteiger partial charge in [-0.05, 0) is 54.0 Å². The first-order valence-electron chi connectivity index (χ1n) is 7.52. The maximum absolute atomic E-state index is 5.38. The predicted octanol–water partition coefficient (Wildman–Crippen LogP) is 3.76. The number of hydrogen-bond acceptors (Lipinski definition) is 7. The van der Waals surface area contributed by atoms with Crippen LogP contribution in [0.1, 0.15) is 18.3 Å². The minimum atomic E-state index is 0.780. The Morgan fingerprint density at radius 1 is 1.25 bits per heavy atom. The minimum Gasteiger partial charge on any atom is -0.497 e. The van der Waals surface area contributed by atoms with Crippen molar-refractivity contribution in [2.75, 3.05) is 7.11 Å². The van der Waals surface area contributed by atoms with Crippen molar-refractivity contribution in [1.29, 1.82) is 0 Å². The third-order valence-corrected chi connectivity index (χ3v) is 5.55. The Morgan fingerprint density at radius 2 is 2.12 bits per heavy atom. The summed E-state index contributed by atoms with van der Waals surface area (Å²) < 4.78 is 12.6. The van der Waals surface area contributed by atoms with Gasteiger partial charge in [-0.15, -0.1) is 10.2 Å². The highest BCUT2D eigenvalue weighted by Crippen LogP contribution is 2.32. The van der Waals surface area contributed by atoms with E-state index in [0.717, 1.165) is 49.6 Å². The summed E-state index contributed by atoms with van der Waals surface area (Å²) in [6, 6.07) is 8.10. The van der Waals surface area contributed by atoms with Crippen molar-refractivity contribution in [3.63, 3.8) is 0 Å². The average molecular weight is 357 g/mol. The van der Waals surface area contributed by atoms with Gasteiger partial charge < -0.3 is 4.74 Å². The first-order valence-corrected chi connectivity index (χ1v) is 9.11. The van der Waals surface area contributed by atoms with E-state index in [1.54, 1.807) is 7.11 Å². The van der Waals surface area contributed by atoms with Crippen molar-refractivity contribution in [3.8, 4) is 5.75 Å². The van der Waals surface area contributed by atoms with Crippen LogP contribution in [-0.2, 0) is 6.42 Å². The molecule has 0 aliphatic rings. The summed E-state index contributed by atoms with van der Waals surface area (Å²) in [5, 5.41) is 10.6. The summed E-state index contributed by atoms with van der Waals surface area (Å²) in [5.41, 5.74) is 3.00. The highest BCUT2D eigenvalue weighted by Gasteiger charge is 2.15. The first-order chi connectivity index (χ1) is 11.7. The molecule has 122 valence electrons. The van der Waals surface area contributed by atoms with Crippen LogP contribution < -0.4 is 4.74 Å². The average Bonchev–Trinajstić information content (AvgIpc) is 3.22. The lowest BCUT2D eigenvalue weighted by atomic mass is 10.1. The zero-order chi connectivity index (χ0) is 16.7. The fraction of sp³-hybridized carbons (Fsp3) is 0.250. The van der Waals surface area contributed by atoms with Gasteiger partial charge in [0.15, 0.2) is 9.99 Å². The molecule has 24 heavy (non-hydrogen) atoms. The Hall–Kier alpha value is -2.19. The van der Waals surface area contributed by atoms with Gasteiger partial charge in [-0.2, -0.15) is 4.37 Å². The Bertz CT molecular complexity index is 1040. The second-order valence-corrected chi connectivity index (χ2v) is 7.28. The molecule has 0 saturated carbocycles. The number of rotatable bonds is 4. The van der Waals surface area contributed by atoms with E-state index in [4.69, 9.17) is 4.74 Å². The summed E-state index contributed by atoms with van der Waals surface area (Å²) >= 11 is 2.88. The van der Waals surface area contributed by atoms with Crippen molar-refractivity contribution in [2.45, 2.75) is 29.8 Å². The van der Waals surface area contributed by atoms with E-state index in [2.05, 4.69) is 32.5 Å². The fourth-order valence-electron chi connectivity index (χ4n) is 2.60. The molecule has 0 spiro atoms. The van der Waals surface area contributed by atoms with E-state index in [0.29, 0.717) is 0 Å². The summed E-state index contributed by atoms with van der Waals surface area (Å²) in [5.74, 6) is 1.67. The maximum Gasteiger partial charge on any atom is 0.203 e. The number of hydrogen-bond donors (Lipinski definition) is 0. The number of nitrogens with zero attached hydrogens (tertiary/aromatic N) is 5. The second-order valence-electron chi connectivity index (χ2n) is 5.32. The number of methoxy groups -OCH3 is 1. The number of benzene rings is 1. The van der Waals surface area contributed by atoms with Crippen LogP contribution in [-0.4, -0.2) is 31.1 Å². The molecule has 8 heteroatoms. The Balaban J connectivity index is 1.91. The number of pyridine rings is 1. The zero-order valence-electron chi connectivity index (χ0n) is 13.5. The van der Waals surface area contributed by atoms with E-state index in [-0.39, 0.29) is 0 Å². The molecular formula is C16H15N5OS2. The van der Waals surface area contributed by atoms with Gasteiger partial charge in [0.2, 0.25) is 5.16 Å². The van der Waals surface area contributed by atoms with E-state index in [9.17, 15) is 0 Å². The lowest BCUT2D eigenvalue weighted by Gasteiger charge is -2.08. The first kappa shape index (κ1) is 15.3. The summed E-state index contributed by atoms with van der Waals surface area (Å²) in [7, 11) is 1.67. The van der Waals surface area contributed by atoms with Crippen LogP contribution in [0.2, 0.25) is 0 Å². The Kier molecular flexibility index (Phi) is 3.85. The van der Waals surface area contributed by atoms with Crippen molar-refractivity contribution < 1.29 is 4.74 Å². The summed E-state index contributed by atoms with van der Waals surface area (Å²) in [4.78, 5) is 4.51. The molecule has 0 aliphatic carbocycles. The molecule has 0 amide bonds. The molecule has 4 aromatic rings. The summed E-state index contributed by atoms with van der Waals surface area (Å²) in [6.45, 7) is 4.13. The molecule has 0 N–H and O–H groups in total. The van der Waals surface area contributed by atoms with Crippen LogP contribution >= 0.6 is 23.3 Å². The van der Waals surface area contributed by atoms with Crippen LogP contribution in [0, 0.1) is 6.92 Å². The van der Waals surface area contributed by atoms with Crippen LogP contribution in [0.5, 0.6) is 5.75 Å². The van der Waals surface area contributed by atoms with Gasteiger partial charge in [0, 0.05) is 17.9 Å². The molecule has 0 atom stereocenters. The molecule has 0 fully saturated rings. The van der Waals surface area contributed by atoms with Crippen molar-refractivity contribution >= 4 is 39.8 Å². The van der Waals surface area contributed by atoms with Gasteiger partial charge in [0.25, 0.3) is 0 Å². The predicted molar refractivity (Wildman–Crippen MR) is 95.2 cm³/mol. The lowest BCUT2D eigenvalue weighted by Crippen LogP contribution is -1.94. The molecule has 6 nitrogen and oxygen atoms in total. The van der Waals surface area contributed by atoms with Crippen LogP contribution in [0.15, 0.2) is 33.8 Å². The number of fused-ring (bicyclic) bond motifs is 3. The van der Waals surface area contributed by atoms with Gasteiger partial charge in [-0.1, -0.05) is 6.92 Å². The van der Waals surface area contributed by atoms with Gasteiger partial charge in [0.1, 0.15) is 11.6 Å². The third-order valence-electron chi connectivity index (χ3n) is 3.82. The Morgan fingerprint density at radius 3 is 2.88 bits per heavy atom. The molecule has 3 aromatic heterocycles. The highest BCUT2D eigenvalue weighted by atomic mass is 32.2. The molecule has 4 rings (SSSR count). The van der Waals surface area contributed by atoms with Crippen LogP contribution in [0.4, 0.5) is 0 Å². The van der Waals surface area contributed by atoms with Crippen LogP contribution in [0.3, 0.4) is 0 Å². The topological polar surface area (TPSA) is 65.2 Å². The maximum atomic E-state index is 5.38. The lowest BCUT2D eigenvalue weighted by molar-refractivity contribution is 0.415. The van der Waals surface area contributed by atoms with Gasteiger partial charge in [-0.3, -0.25) is 4.40 Å².